The quantitative estimate of drug-likeness (QED) is 0.647. The summed E-state index contributed by atoms with van der Waals surface area (Å²) in [6, 6.07) is 5.44. The summed E-state index contributed by atoms with van der Waals surface area (Å²) in [6.07, 6.45) is 2.58. The van der Waals surface area contributed by atoms with Gasteiger partial charge in [0.1, 0.15) is 6.29 Å². The van der Waals surface area contributed by atoms with Gasteiger partial charge in [-0.1, -0.05) is 13.8 Å². The van der Waals surface area contributed by atoms with Gasteiger partial charge in [0.2, 0.25) is 0 Å². The van der Waals surface area contributed by atoms with Gasteiger partial charge in [-0.05, 0) is 18.2 Å². The maximum atomic E-state index is 10.5. The van der Waals surface area contributed by atoms with E-state index in [1.165, 1.54) is 0 Å². The van der Waals surface area contributed by atoms with E-state index in [1.807, 2.05) is 37.6 Å². The van der Waals surface area contributed by atoms with Crippen LogP contribution >= 0.6 is 0 Å². The second-order valence-electron chi connectivity index (χ2n) is 2.72. The first-order valence-electron chi connectivity index (χ1n) is 4.67. The molecule has 74 valence electrons. The molecular weight excluding hydrogens is 176 g/mol. The second kappa shape index (κ2) is 4.56. The lowest BCUT2D eigenvalue weighted by Gasteiger charge is -1.93. The predicted molar refractivity (Wildman–Crippen MR) is 57.4 cm³/mol. The molecule has 0 saturated carbocycles. The van der Waals surface area contributed by atoms with E-state index in [2.05, 4.69) is 4.98 Å². The number of benzene rings is 1. The van der Waals surface area contributed by atoms with Crippen LogP contribution < -0.4 is 0 Å². The molecule has 0 aliphatic heterocycles. The molecule has 0 N–H and O–H groups in total. The van der Waals surface area contributed by atoms with E-state index in [0.717, 1.165) is 17.3 Å². The molecule has 1 heterocycles. The topological polar surface area (TPSA) is 34.9 Å². The van der Waals surface area contributed by atoms with Gasteiger partial charge < -0.3 is 4.57 Å². The highest BCUT2D eigenvalue weighted by Crippen LogP contribution is 2.12. The molecule has 1 aromatic carbocycles. The van der Waals surface area contributed by atoms with E-state index in [-0.39, 0.29) is 0 Å². The van der Waals surface area contributed by atoms with Crippen molar-refractivity contribution in [3.8, 4) is 0 Å². The molecule has 0 aliphatic rings. The van der Waals surface area contributed by atoms with Crippen molar-refractivity contribution in [2.75, 3.05) is 0 Å². The third-order valence-corrected chi connectivity index (χ3v) is 1.89. The summed E-state index contributed by atoms with van der Waals surface area (Å²) in [5.41, 5.74) is 2.59. The fourth-order valence-electron chi connectivity index (χ4n) is 1.22. The summed E-state index contributed by atoms with van der Waals surface area (Å²) in [6.45, 7) is 4.00. The zero-order valence-electron chi connectivity index (χ0n) is 8.69. The molecule has 14 heavy (non-hydrogen) atoms. The molecule has 0 unspecified atom stereocenters. The molecule has 2 rings (SSSR count). The van der Waals surface area contributed by atoms with Crippen LogP contribution in [0.25, 0.3) is 11.0 Å². The number of hydrogen-bond acceptors (Lipinski definition) is 2. The highest BCUT2D eigenvalue weighted by molar-refractivity contribution is 5.84. The van der Waals surface area contributed by atoms with Gasteiger partial charge in [0, 0.05) is 12.6 Å². The van der Waals surface area contributed by atoms with Crippen LogP contribution in [0.4, 0.5) is 0 Å². The zero-order valence-corrected chi connectivity index (χ0v) is 8.69. The molecule has 2 aromatic rings. The first-order chi connectivity index (χ1) is 6.81. The van der Waals surface area contributed by atoms with E-state index < -0.39 is 0 Å². The van der Waals surface area contributed by atoms with Gasteiger partial charge in [-0.3, -0.25) is 4.79 Å². The number of carbonyl (C=O) groups is 1. The van der Waals surface area contributed by atoms with Crippen molar-refractivity contribution in [1.82, 2.24) is 9.55 Å². The van der Waals surface area contributed by atoms with Crippen LogP contribution in [0.3, 0.4) is 0 Å². The molecule has 0 fully saturated rings. The number of hydrogen-bond donors (Lipinski definition) is 0. The van der Waals surface area contributed by atoms with Gasteiger partial charge in [-0.25, -0.2) is 4.98 Å². The van der Waals surface area contributed by atoms with Crippen LogP contribution in [0.15, 0.2) is 24.5 Å². The molecule has 0 saturated heterocycles. The third kappa shape index (κ3) is 1.82. The van der Waals surface area contributed by atoms with Crippen LogP contribution in [-0.4, -0.2) is 15.8 Å². The minimum Gasteiger partial charge on any atom is -0.334 e. The second-order valence-corrected chi connectivity index (χ2v) is 2.72. The van der Waals surface area contributed by atoms with Crippen LogP contribution in [0.5, 0.6) is 0 Å². The summed E-state index contributed by atoms with van der Waals surface area (Å²) in [4.78, 5) is 14.6. The van der Waals surface area contributed by atoms with E-state index in [4.69, 9.17) is 0 Å². The maximum Gasteiger partial charge on any atom is 0.150 e. The number of aldehydes is 1. The first-order valence-corrected chi connectivity index (χ1v) is 4.67. The molecule has 0 bridgehead atoms. The number of nitrogens with zero attached hydrogens (tertiary/aromatic N) is 2. The van der Waals surface area contributed by atoms with Crippen LogP contribution in [0.2, 0.25) is 0 Å². The van der Waals surface area contributed by atoms with Gasteiger partial charge in [-0.2, -0.15) is 0 Å². The third-order valence-electron chi connectivity index (χ3n) is 1.89. The number of imidazole rings is 1. The number of rotatable bonds is 1. The van der Waals surface area contributed by atoms with Crippen molar-refractivity contribution in [2.24, 2.45) is 7.05 Å². The van der Waals surface area contributed by atoms with Crippen molar-refractivity contribution in [3.63, 3.8) is 0 Å². The molecule has 0 radical (unpaired) electrons. The molecule has 1 aromatic heterocycles. The zero-order chi connectivity index (χ0) is 10.6. The van der Waals surface area contributed by atoms with Crippen molar-refractivity contribution in [1.29, 1.82) is 0 Å². The standard InChI is InChI=1S/C9H8N2O.C2H6/c1-11-6-10-8-3-2-7(5-12)4-9(8)11;1-2/h2-6H,1H3;1-2H3. The number of aromatic nitrogens is 2. The van der Waals surface area contributed by atoms with E-state index in [0.29, 0.717) is 5.56 Å². The largest absolute Gasteiger partial charge is 0.334 e. The monoisotopic (exact) mass is 190 g/mol. The highest BCUT2D eigenvalue weighted by atomic mass is 16.1. The number of fused-ring (bicyclic) bond motifs is 1. The summed E-state index contributed by atoms with van der Waals surface area (Å²) >= 11 is 0. The van der Waals surface area contributed by atoms with Crippen molar-refractivity contribution < 1.29 is 4.79 Å². The molecular formula is C11H14N2O. The average molecular weight is 190 g/mol. The maximum absolute atomic E-state index is 10.5. The minimum absolute atomic E-state index is 0.686. The highest BCUT2D eigenvalue weighted by Gasteiger charge is 1.99. The summed E-state index contributed by atoms with van der Waals surface area (Å²) in [7, 11) is 1.91. The Bertz CT molecular complexity index is 432. The van der Waals surface area contributed by atoms with Crippen molar-refractivity contribution in [2.45, 2.75) is 13.8 Å². The van der Waals surface area contributed by atoms with Gasteiger partial charge >= 0.3 is 0 Å². The molecule has 3 heteroatoms. The lowest BCUT2D eigenvalue weighted by atomic mass is 10.2. The lowest BCUT2D eigenvalue weighted by Crippen LogP contribution is -1.85. The number of carbonyl (C=O) groups excluding carboxylic acids is 1. The Balaban J connectivity index is 0.000000461. The van der Waals surface area contributed by atoms with Gasteiger partial charge in [0.25, 0.3) is 0 Å². The summed E-state index contributed by atoms with van der Waals surface area (Å²) in [5, 5.41) is 0. The van der Waals surface area contributed by atoms with E-state index >= 15 is 0 Å². The SMILES string of the molecule is CC.Cn1cnc2ccc(C=O)cc21. The van der Waals surface area contributed by atoms with Crippen LogP contribution in [0, 0.1) is 0 Å². The summed E-state index contributed by atoms with van der Waals surface area (Å²) in [5.74, 6) is 0. The molecule has 0 amide bonds. The van der Waals surface area contributed by atoms with Crippen molar-refractivity contribution >= 4 is 17.3 Å². The van der Waals surface area contributed by atoms with Gasteiger partial charge in [-0.15, -0.1) is 0 Å². The first kappa shape index (κ1) is 10.4. The Labute approximate surface area is 83.4 Å². The summed E-state index contributed by atoms with van der Waals surface area (Å²) < 4.78 is 1.89. The predicted octanol–water partition coefficient (Wildman–Crippen LogP) is 2.41. The van der Waals surface area contributed by atoms with Gasteiger partial charge in [0.15, 0.2) is 0 Å². The Morgan fingerprint density at radius 3 is 2.71 bits per heavy atom. The molecule has 0 spiro atoms. The van der Waals surface area contributed by atoms with Crippen LogP contribution in [0.1, 0.15) is 24.2 Å². The van der Waals surface area contributed by atoms with Crippen molar-refractivity contribution in [3.05, 3.63) is 30.1 Å². The average Bonchev–Trinajstić information content (AvgIpc) is 2.63. The number of aryl methyl sites for hydroxylation is 1. The normalized spacial score (nSPS) is 9.36. The fourth-order valence-corrected chi connectivity index (χ4v) is 1.22. The molecule has 0 atom stereocenters. The fraction of sp³-hybridized carbons (Fsp3) is 0.273. The Hall–Kier alpha value is -1.64. The minimum atomic E-state index is 0.686. The van der Waals surface area contributed by atoms with Crippen LogP contribution in [-0.2, 0) is 7.05 Å². The van der Waals surface area contributed by atoms with E-state index in [1.54, 1.807) is 12.4 Å². The van der Waals surface area contributed by atoms with E-state index in [9.17, 15) is 4.79 Å². The smallest absolute Gasteiger partial charge is 0.150 e. The van der Waals surface area contributed by atoms with Gasteiger partial charge in [0.05, 0.1) is 17.4 Å². The molecule has 0 aliphatic carbocycles. The Morgan fingerprint density at radius 2 is 2.07 bits per heavy atom. The Kier molecular flexibility index (Phi) is 3.40. The lowest BCUT2D eigenvalue weighted by molar-refractivity contribution is 0.112. The molecule has 3 nitrogen and oxygen atoms in total. The Morgan fingerprint density at radius 1 is 1.36 bits per heavy atom.